The molecule has 4 bridgehead atoms. The number of anilines is 1. The van der Waals surface area contributed by atoms with Gasteiger partial charge in [-0.05, 0) is 67.3 Å². The van der Waals surface area contributed by atoms with Crippen molar-refractivity contribution in [1.82, 2.24) is 4.98 Å². The zero-order chi connectivity index (χ0) is 13.2. The minimum Gasteiger partial charge on any atom is -0.477 e. The highest BCUT2D eigenvalue weighted by molar-refractivity contribution is 5.92. The Morgan fingerprint density at radius 1 is 1.21 bits per heavy atom. The molecule has 0 spiro atoms. The van der Waals surface area contributed by atoms with Gasteiger partial charge in [0.2, 0.25) is 0 Å². The van der Waals surface area contributed by atoms with E-state index in [4.69, 9.17) is 10.8 Å². The van der Waals surface area contributed by atoms with Crippen LogP contribution in [0, 0.1) is 17.8 Å². The summed E-state index contributed by atoms with van der Waals surface area (Å²) in [6.45, 7) is 0. The topological polar surface area (TPSA) is 79.1 Å². The van der Waals surface area contributed by atoms with Gasteiger partial charge in [-0.25, -0.2) is 4.79 Å². The van der Waals surface area contributed by atoms with Crippen LogP contribution >= 0.6 is 0 Å². The number of aromatic nitrogens is 1. The minimum absolute atomic E-state index is 0.170. The molecule has 4 nitrogen and oxygen atoms in total. The number of nitrogen functional groups attached to an aromatic ring is 1. The first-order valence-corrected chi connectivity index (χ1v) is 7.28. The fourth-order valence-corrected chi connectivity index (χ4v) is 5.49. The average Bonchev–Trinajstić information content (AvgIpc) is 2.69. The molecule has 0 unspecified atom stereocenters. The van der Waals surface area contributed by atoms with Gasteiger partial charge in [0.1, 0.15) is 5.69 Å². The quantitative estimate of drug-likeness (QED) is 0.765. The lowest BCUT2D eigenvalue weighted by atomic mass is 9.48. The molecular weight excluding hydrogens is 240 g/mol. The van der Waals surface area contributed by atoms with Crippen LogP contribution in [0.25, 0.3) is 0 Å². The first-order chi connectivity index (χ1) is 9.07. The molecule has 0 radical (unpaired) electrons. The standard InChI is InChI=1S/C15H20N2O2/c16-12-11(7-17-13(12)14(18)19)15-4-8-1-9(5-15)3-10(2-8)6-15/h7-10,17H,1-6,16H2,(H,18,19). The summed E-state index contributed by atoms with van der Waals surface area (Å²) in [6.07, 6.45) is 9.65. The molecule has 4 heteroatoms. The highest BCUT2D eigenvalue weighted by atomic mass is 16.4. The Balaban J connectivity index is 1.77. The van der Waals surface area contributed by atoms with Crippen molar-refractivity contribution in [2.24, 2.45) is 17.8 Å². The van der Waals surface area contributed by atoms with E-state index < -0.39 is 5.97 Å². The van der Waals surface area contributed by atoms with Crippen LogP contribution in [-0.2, 0) is 5.41 Å². The van der Waals surface area contributed by atoms with Crippen molar-refractivity contribution in [3.8, 4) is 0 Å². The van der Waals surface area contributed by atoms with Crippen LogP contribution in [-0.4, -0.2) is 16.1 Å². The van der Waals surface area contributed by atoms with E-state index in [9.17, 15) is 4.79 Å². The van der Waals surface area contributed by atoms with Crippen LogP contribution in [0.3, 0.4) is 0 Å². The summed E-state index contributed by atoms with van der Waals surface area (Å²) in [4.78, 5) is 14.0. The number of rotatable bonds is 2. The Morgan fingerprint density at radius 2 is 1.74 bits per heavy atom. The molecule has 0 atom stereocenters. The van der Waals surface area contributed by atoms with E-state index in [0.717, 1.165) is 23.3 Å². The Labute approximate surface area is 112 Å². The van der Waals surface area contributed by atoms with Gasteiger partial charge in [0, 0.05) is 6.20 Å². The average molecular weight is 260 g/mol. The molecule has 1 aromatic heterocycles. The Hall–Kier alpha value is -1.45. The van der Waals surface area contributed by atoms with Gasteiger partial charge < -0.3 is 15.8 Å². The van der Waals surface area contributed by atoms with E-state index >= 15 is 0 Å². The van der Waals surface area contributed by atoms with Crippen LogP contribution in [0.15, 0.2) is 6.20 Å². The van der Waals surface area contributed by atoms with Crippen molar-refractivity contribution in [3.63, 3.8) is 0 Å². The highest BCUT2D eigenvalue weighted by Crippen LogP contribution is 2.61. The van der Waals surface area contributed by atoms with Crippen molar-refractivity contribution in [2.45, 2.75) is 43.9 Å². The Morgan fingerprint density at radius 3 is 2.16 bits per heavy atom. The van der Waals surface area contributed by atoms with Crippen molar-refractivity contribution in [2.75, 3.05) is 5.73 Å². The first kappa shape index (κ1) is 11.4. The normalized spacial score (nSPS) is 39.7. The van der Waals surface area contributed by atoms with Gasteiger partial charge in [-0.15, -0.1) is 0 Å². The number of hydrogen-bond donors (Lipinski definition) is 3. The predicted molar refractivity (Wildman–Crippen MR) is 72.0 cm³/mol. The molecule has 4 aliphatic carbocycles. The summed E-state index contributed by atoms with van der Waals surface area (Å²) in [5.41, 5.74) is 8.02. The van der Waals surface area contributed by atoms with Gasteiger partial charge in [-0.1, -0.05) is 0 Å². The number of hydrogen-bond acceptors (Lipinski definition) is 2. The molecule has 102 valence electrons. The molecule has 5 rings (SSSR count). The zero-order valence-electron chi connectivity index (χ0n) is 11.0. The number of nitrogens with one attached hydrogen (secondary N) is 1. The number of aromatic carboxylic acids is 1. The Bertz CT molecular complexity index is 511. The van der Waals surface area contributed by atoms with E-state index in [2.05, 4.69) is 4.98 Å². The summed E-state index contributed by atoms with van der Waals surface area (Å²) in [5.74, 6) is 1.57. The number of H-pyrrole nitrogens is 1. The van der Waals surface area contributed by atoms with Crippen molar-refractivity contribution in [1.29, 1.82) is 0 Å². The summed E-state index contributed by atoms with van der Waals surface area (Å²) in [7, 11) is 0. The predicted octanol–water partition coefficient (Wildman–Crippen LogP) is 2.76. The summed E-state index contributed by atoms with van der Waals surface area (Å²) in [5, 5.41) is 9.15. The monoisotopic (exact) mass is 260 g/mol. The van der Waals surface area contributed by atoms with Gasteiger partial charge >= 0.3 is 5.97 Å². The molecule has 19 heavy (non-hydrogen) atoms. The SMILES string of the molecule is Nc1c(C23CC4CC(CC(C4)C2)C3)c[nH]c1C(=O)O. The highest BCUT2D eigenvalue weighted by Gasteiger charge is 2.52. The van der Waals surface area contributed by atoms with Crippen LogP contribution in [0.5, 0.6) is 0 Å². The summed E-state index contributed by atoms with van der Waals surface area (Å²) in [6, 6.07) is 0. The number of carbonyl (C=O) groups is 1. The molecule has 1 aromatic rings. The molecule has 0 aliphatic heterocycles. The maximum atomic E-state index is 11.2. The number of carboxylic acid groups (broad SMARTS) is 1. The van der Waals surface area contributed by atoms with E-state index in [1.807, 2.05) is 6.20 Å². The molecular formula is C15H20N2O2. The van der Waals surface area contributed by atoms with Gasteiger partial charge in [0.05, 0.1) is 5.69 Å². The maximum Gasteiger partial charge on any atom is 0.354 e. The van der Waals surface area contributed by atoms with Crippen LogP contribution in [0.1, 0.15) is 54.6 Å². The largest absolute Gasteiger partial charge is 0.477 e. The third kappa shape index (κ3) is 1.49. The van der Waals surface area contributed by atoms with E-state index in [1.165, 1.54) is 38.5 Å². The van der Waals surface area contributed by atoms with Crippen molar-refractivity contribution >= 4 is 11.7 Å². The molecule has 0 saturated heterocycles. The first-order valence-electron chi connectivity index (χ1n) is 7.28. The summed E-state index contributed by atoms with van der Waals surface area (Å²) < 4.78 is 0. The lowest BCUT2D eigenvalue weighted by molar-refractivity contribution is -0.00479. The molecule has 4 N–H and O–H groups in total. The van der Waals surface area contributed by atoms with Crippen molar-refractivity contribution < 1.29 is 9.90 Å². The van der Waals surface area contributed by atoms with E-state index in [1.54, 1.807) is 0 Å². The fraction of sp³-hybridized carbons (Fsp3) is 0.667. The maximum absolute atomic E-state index is 11.2. The molecule has 4 saturated carbocycles. The molecule has 1 heterocycles. The minimum atomic E-state index is -0.950. The van der Waals surface area contributed by atoms with Gasteiger partial charge in [-0.3, -0.25) is 0 Å². The van der Waals surface area contributed by atoms with Gasteiger partial charge in [-0.2, -0.15) is 0 Å². The second-order valence-electron chi connectivity index (χ2n) is 6.99. The molecule has 4 fully saturated rings. The van der Waals surface area contributed by atoms with Crippen LogP contribution in [0.2, 0.25) is 0 Å². The third-order valence-electron chi connectivity index (χ3n) is 5.74. The molecule has 0 aromatic carbocycles. The third-order valence-corrected chi connectivity index (χ3v) is 5.74. The zero-order valence-corrected chi connectivity index (χ0v) is 11.0. The van der Waals surface area contributed by atoms with Gasteiger partial charge in [0.15, 0.2) is 0 Å². The van der Waals surface area contributed by atoms with Gasteiger partial charge in [0.25, 0.3) is 0 Å². The number of carboxylic acids is 1. The molecule has 0 amide bonds. The van der Waals surface area contributed by atoms with Crippen LogP contribution < -0.4 is 5.73 Å². The number of nitrogens with two attached hydrogens (primary N) is 1. The lowest BCUT2D eigenvalue weighted by Crippen LogP contribution is -2.48. The summed E-state index contributed by atoms with van der Waals surface area (Å²) >= 11 is 0. The smallest absolute Gasteiger partial charge is 0.354 e. The molecule has 4 aliphatic rings. The number of aromatic amines is 1. The van der Waals surface area contributed by atoms with E-state index in [-0.39, 0.29) is 11.1 Å². The van der Waals surface area contributed by atoms with Crippen molar-refractivity contribution in [3.05, 3.63) is 17.5 Å². The van der Waals surface area contributed by atoms with Crippen LogP contribution in [0.4, 0.5) is 5.69 Å². The second kappa shape index (κ2) is 3.56. The Kier molecular flexibility index (Phi) is 2.13. The fourth-order valence-electron chi connectivity index (χ4n) is 5.49. The lowest BCUT2D eigenvalue weighted by Gasteiger charge is -2.57. The second-order valence-corrected chi connectivity index (χ2v) is 6.99. The van der Waals surface area contributed by atoms with E-state index in [0.29, 0.717) is 5.69 Å².